The van der Waals surface area contributed by atoms with Crippen molar-refractivity contribution in [1.82, 2.24) is 14.6 Å². The molecule has 5 heteroatoms. The molecular weight excluding hydrogens is 182 g/mol. The molecule has 2 aromatic rings. The van der Waals surface area contributed by atoms with E-state index < -0.39 is 5.97 Å². The van der Waals surface area contributed by atoms with Crippen LogP contribution in [0.1, 0.15) is 23.1 Å². The predicted molar refractivity (Wildman–Crippen MR) is 49.3 cm³/mol. The third-order valence-electron chi connectivity index (χ3n) is 1.96. The van der Waals surface area contributed by atoms with Crippen LogP contribution in [0.25, 0.3) is 5.65 Å². The second-order valence-electron chi connectivity index (χ2n) is 2.91. The number of nitrogens with zero attached hydrogens (tertiary/aromatic N) is 3. The summed E-state index contributed by atoms with van der Waals surface area (Å²) in [6, 6.07) is 3.28. The van der Waals surface area contributed by atoms with Crippen LogP contribution in [0.4, 0.5) is 0 Å². The van der Waals surface area contributed by atoms with Gasteiger partial charge in [0, 0.05) is 18.0 Å². The predicted octanol–water partition coefficient (Wildman–Crippen LogP) is 0.990. The highest BCUT2D eigenvalue weighted by atomic mass is 16.4. The molecule has 0 aromatic carbocycles. The lowest BCUT2D eigenvalue weighted by Gasteiger charge is -1.95. The molecule has 0 spiro atoms. The first-order chi connectivity index (χ1) is 6.70. The SMILES string of the molecule is CCc1ccn2nc(C(=O)O)cc2n1. The van der Waals surface area contributed by atoms with Gasteiger partial charge in [0.2, 0.25) is 0 Å². The lowest BCUT2D eigenvalue weighted by atomic mass is 10.3. The number of aromatic carboxylic acids is 1. The third kappa shape index (κ3) is 1.32. The minimum Gasteiger partial charge on any atom is -0.476 e. The highest BCUT2D eigenvalue weighted by molar-refractivity contribution is 5.86. The molecule has 0 aliphatic rings. The zero-order valence-corrected chi connectivity index (χ0v) is 7.64. The fourth-order valence-corrected chi connectivity index (χ4v) is 1.22. The molecule has 0 unspecified atom stereocenters. The number of aryl methyl sites for hydroxylation is 1. The number of fused-ring (bicyclic) bond motifs is 1. The van der Waals surface area contributed by atoms with Gasteiger partial charge in [0.05, 0.1) is 0 Å². The topological polar surface area (TPSA) is 67.5 Å². The van der Waals surface area contributed by atoms with Gasteiger partial charge in [-0.25, -0.2) is 14.3 Å². The number of hydrogen-bond donors (Lipinski definition) is 1. The minimum absolute atomic E-state index is 0.0192. The monoisotopic (exact) mass is 191 g/mol. The fourth-order valence-electron chi connectivity index (χ4n) is 1.22. The van der Waals surface area contributed by atoms with Gasteiger partial charge in [-0.3, -0.25) is 0 Å². The van der Waals surface area contributed by atoms with E-state index in [0.717, 1.165) is 12.1 Å². The van der Waals surface area contributed by atoms with Crippen LogP contribution in [0.3, 0.4) is 0 Å². The van der Waals surface area contributed by atoms with Gasteiger partial charge in [-0.05, 0) is 12.5 Å². The molecule has 2 heterocycles. The molecule has 0 saturated carbocycles. The van der Waals surface area contributed by atoms with Crippen molar-refractivity contribution in [2.24, 2.45) is 0 Å². The Labute approximate surface area is 80.0 Å². The summed E-state index contributed by atoms with van der Waals surface area (Å²) in [7, 11) is 0. The van der Waals surface area contributed by atoms with E-state index in [0.29, 0.717) is 5.65 Å². The van der Waals surface area contributed by atoms with Gasteiger partial charge < -0.3 is 5.11 Å². The van der Waals surface area contributed by atoms with Crippen LogP contribution in [-0.2, 0) is 6.42 Å². The van der Waals surface area contributed by atoms with E-state index in [1.165, 1.54) is 10.6 Å². The molecule has 0 saturated heterocycles. The smallest absolute Gasteiger partial charge is 0.356 e. The van der Waals surface area contributed by atoms with Gasteiger partial charge in [0.25, 0.3) is 0 Å². The Kier molecular flexibility index (Phi) is 1.92. The summed E-state index contributed by atoms with van der Waals surface area (Å²) in [4.78, 5) is 14.9. The zero-order chi connectivity index (χ0) is 10.1. The van der Waals surface area contributed by atoms with Gasteiger partial charge >= 0.3 is 5.97 Å². The molecule has 0 atom stereocenters. The zero-order valence-electron chi connectivity index (χ0n) is 7.64. The first-order valence-electron chi connectivity index (χ1n) is 4.29. The van der Waals surface area contributed by atoms with Crippen molar-refractivity contribution < 1.29 is 9.90 Å². The summed E-state index contributed by atoms with van der Waals surface area (Å²) in [5.74, 6) is -1.03. The van der Waals surface area contributed by atoms with Gasteiger partial charge in [-0.1, -0.05) is 6.92 Å². The number of hydrogen-bond acceptors (Lipinski definition) is 3. The third-order valence-corrected chi connectivity index (χ3v) is 1.96. The molecule has 72 valence electrons. The minimum atomic E-state index is -1.03. The maximum Gasteiger partial charge on any atom is 0.356 e. The van der Waals surface area contributed by atoms with Crippen molar-refractivity contribution in [3.05, 3.63) is 29.7 Å². The molecule has 0 amide bonds. The van der Waals surface area contributed by atoms with Gasteiger partial charge in [-0.2, -0.15) is 5.10 Å². The highest BCUT2D eigenvalue weighted by Gasteiger charge is 2.09. The number of carbonyl (C=O) groups is 1. The second-order valence-corrected chi connectivity index (χ2v) is 2.91. The lowest BCUT2D eigenvalue weighted by molar-refractivity contribution is 0.0690. The highest BCUT2D eigenvalue weighted by Crippen LogP contribution is 2.05. The van der Waals surface area contributed by atoms with Crippen molar-refractivity contribution in [3.8, 4) is 0 Å². The second kappa shape index (κ2) is 3.10. The molecule has 5 nitrogen and oxygen atoms in total. The molecule has 14 heavy (non-hydrogen) atoms. The van der Waals surface area contributed by atoms with E-state index in [1.807, 2.05) is 13.0 Å². The standard InChI is InChI=1S/C9H9N3O2/c1-2-6-3-4-12-8(10-6)5-7(11-12)9(13)14/h3-5H,2H2,1H3,(H,13,14). The average Bonchev–Trinajstić information content (AvgIpc) is 2.59. The van der Waals surface area contributed by atoms with Crippen molar-refractivity contribution >= 4 is 11.6 Å². The molecule has 0 radical (unpaired) electrons. The Bertz CT molecular complexity index is 490. The first-order valence-corrected chi connectivity index (χ1v) is 4.29. The normalized spacial score (nSPS) is 10.6. The molecule has 2 aromatic heterocycles. The van der Waals surface area contributed by atoms with E-state index >= 15 is 0 Å². The molecule has 0 fully saturated rings. The van der Waals surface area contributed by atoms with E-state index in [2.05, 4.69) is 10.1 Å². The average molecular weight is 191 g/mol. The Balaban J connectivity index is 2.60. The maximum absolute atomic E-state index is 10.6. The Hall–Kier alpha value is -1.91. The van der Waals surface area contributed by atoms with E-state index in [9.17, 15) is 4.79 Å². The van der Waals surface area contributed by atoms with Gasteiger partial charge in [0.1, 0.15) is 0 Å². The first kappa shape index (κ1) is 8.68. The summed E-state index contributed by atoms with van der Waals surface area (Å²) in [6.45, 7) is 1.99. The largest absolute Gasteiger partial charge is 0.476 e. The summed E-state index contributed by atoms with van der Waals surface area (Å²) >= 11 is 0. The summed E-state index contributed by atoms with van der Waals surface area (Å²) < 4.78 is 1.46. The van der Waals surface area contributed by atoms with Crippen molar-refractivity contribution in [2.45, 2.75) is 13.3 Å². The number of carboxylic acid groups (broad SMARTS) is 1. The Morgan fingerprint density at radius 3 is 3.07 bits per heavy atom. The molecule has 2 rings (SSSR count). The van der Waals surface area contributed by atoms with Crippen LogP contribution < -0.4 is 0 Å². The summed E-state index contributed by atoms with van der Waals surface area (Å²) in [5, 5.41) is 12.6. The fraction of sp³-hybridized carbons (Fsp3) is 0.222. The van der Waals surface area contributed by atoms with Crippen molar-refractivity contribution in [3.63, 3.8) is 0 Å². The molecule has 1 N–H and O–H groups in total. The summed E-state index contributed by atoms with van der Waals surface area (Å²) in [6.07, 6.45) is 2.54. The number of rotatable bonds is 2. The van der Waals surface area contributed by atoms with E-state index in [4.69, 9.17) is 5.11 Å². The molecule has 0 bridgehead atoms. The van der Waals surface area contributed by atoms with Crippen LogP contribution in [-0.4, -0.2) is 25.7 Å². The Morgan fingerprint density at radius 1 is 1.64 bits per heavy atom. The van der Waals surface area contributed by atoms with Crippen molar-refractivity contribution in [1.29, 1.82) is 0 Å². The van der Waals surface area contributed by atoms with Crippen LogP contribution >= 0.6 is 0 Å². The molecular formula is C9H9N3O2. The lowest BCUT2D eigenvalue weighted by Crippen LogP contribution is -1.97. The summed E-state index contributed by atoms with van der Waals surface area (Å²) in [5.41, 5.74) is 1.52. The molecule has 0 aliphatic heterocycles. The van der Waals surface area contributed by atoms with Crippen LogP contribution in [0.5, 0.6) is 0 Å². The van der Waals surface area contributed by atoms with E-state index in [1.54, 1.807) is 6.20 Å². The van der Waals surface area contributed by atoms with Crippen molar-refractivity contribution in [2.75, 3.05) is 0 Å². The van der Waals surface area contributed by atoms with Gasteiger partial charge in [-0.15, -0.1) is 0 Å². The quantitative estimate of drug-likeness (QED) is 0.768. The maximum atomic E-state index is 10.6. The van der Waals surface area contributed by atoms with E-state index in [-0.39, 0.29) is 5.69 Å². The number of aromatic nitrogens is 3. The van der Waals surface area contributed by atoms with Crippen LogP contribution in [0, 0.1) is 0 Å². The Morgan fingerprint density at radius 2 is 2.43 bits per heavy atom. The number of carboxylic acids is 1. The van der Waals surface area contributed by atoms with Crippen LogP contribution in [0.2, 0.25) is 0 Å². The van der Waals surface area contributed by atoms with Crippen LogP contribution in [0.15, 0.2) is 18.3 Å². The molecule has 0 aliphatic carbocycles. The van der Waals surface area contributed by atoms with Gasteiger partial charge in [0.15, 0.2) is 11.3 Å².